The molecule has 98 valence electrons. The first-order valence-corrected chi connectivity index (χ1v) is 5.76. The first-order valence-electron chi connectivity index (χ1n) is 5.76. The Morgan fingerprint density at radius 1 is 1.35 bits per heavy atom. The van der Waals surface area contributed by atoms with Crippen LogP contribution in [0.3, 0.4) is 0 Å². The van der Waals surface area contributed by atoms with E-state index in [1.54, 1.807) is 6.07 Å². The van der Waals surface area contributed by atoms with Crippen LogP contribution in [0.25, 0.3) is 0 Å². The van der Waals surface area contributed by atoms with Gasteiger partial charge in [-0.3, -0.25) is 0 Å². The van der Waals surface area contributed by atoms with Crippen LogP contribution in [0.5, 0.6) is 11.5 Å². The molecule has 0 spiro atoms. The van der Waals surface area contributed by atoms with E-state index in [0.717, 1.165) is 12.0 Å². The van der Waals surface area contributed by atoms with Gasteiger partial charge in [0, 0.05) is 11.6 Å². The number of phenols is 1. The average Bonchev–Trinajstić information content (AvgIpc) is 2.20. The van der Waals surface area contributed by atoms with Crippen molar-refractivity contribution < 1.29 is 9.84 Å². The van der Waals surface area contributed by atoms with Gasteiger partial charge in [0.2, 0.25) is 0 Å². The molecule has 0 amide bonds. The molecule has 1 atom stereocenters. The van der Waals surface area contributed by atoms with Gasteiger partial charge in [0.25, 0.3) is 0 Å². The van der Waals surface area contributed by atoms with Crippen molar-refractivity contribution in [2.45, 2.75) is 33.2 Å². The molecule has 3 nitrogen and oxygen atoms in total. The number of ether oxygens (including phenoxy) is 1. The molecule has 0 saturated carbocycles. The van der Waals surface area contributed by atoms with Gasteiger partial charge in [-0.25, -0.2) is 0 Å². The second-order valence-electron chi connectivity index (χ2n) is 4.36. The number of aromatic hydroxyl groups is 1. The lowest BCUT2D eigenvalue weighted by Gasteiger charge is -2.17. The topological polar surface area (TPSA) is 55.5 Å². The van der Waals surface area contributed by atoms with E-state index in [-0.39, 0.29) is 24.2 Å². The molecule has 0 aliphatic rings. The number of hydrogen-bond acceptors (Lipinski definition) is 3. The van der Waals surface area contributed by atoms with Crippen molar-refractivity contribution in [1.29, 1.82) is 0 Å². The quantitative estimate of drug-likeness (QED) is 0.853. The third-order valence-corrected chi connectivity index (χ3v) is 2.45. The fourth-order valence-corrected chi connectivity index (χ4v) is 1.75. The van der Waals surface area contributed by atoms with Gasteiger partial charge >= 0.3 is 0 Å². The zero-order chi connectivity index (χ0) is 12.1. The van der Waals surface area contributed by atoms with Gasteiger partial charge in [-0.1, -0.05) is 26.0 Å². The largest absolute Gasteiger partial charge is 0.504 e. The first kappa shape index (κ1) is 16.1. The SMILES string of the molecule is CCOc1cccc([C@H](N)CC(C)C)c1O.Cl. The van der Waals surface area contributed by atoms with Crippen LogP contribution >= 0.6 is 12.4 Å². The number of para-hydroxylation sites is 1. The van der Waals surface area contributed by atoms with E-state index in [9.17, 15) is 5.11 Å². The normalized spacial score (nSPS) is 12.1. The maximum atomic E-state index is 10.00. The number of nitrogens with two attached hydrogens (primary N) is 1. The second kappa shape index (κ2) is 7.41. The van der Waals surface area contributed by atoms with Crippen LogP contribution in [0.15, 0.2) is 18.2 Å². The van der Waals surface area contributed by atoms with Gasteiger partial charge in [-0.05, 0) is 25.3 Å². The van der Waals surface area contributed by atoms with Crippen molar-refractivity contribution in [1.82, 2.24) is 0 Å². The van der Waals surface area contributed by atoms with E-state index in [1.807, 2.05) is 19.1 Å². The summed E-state index contributed by atoms with van der Waals surface area (Å²) in [7, 11) is 0. The highest BCUT2D eigenvalue weighted by Gasteiger charge is 2.15. The summed E-state index contributed by atoms with van der Waals surface area (Å²) in [5.74, 6) is 1.20. The predicted molar refractivity (Wildman–Crippen MR) is 72.9 cm³/mol. The van der Waals surface area contributed by atoms with Gasteiger partial charge in [-0.15, -0.1) is 12.4 Å². The van der Waals surface area contributed by atoms with Crippen LogP contribution in [-0.2, 0) is 0 Å². The average molecular weight is 260 g/mol. The highest BCUT2D eigenvalue weighted by atomic mass is 35.5. The minimum Gasteiger partial charge on any atom is -0.504 e. The molecule has 4 heteroatoms. The Morgan fingerprint density at radius 2 is 2.00 bits per heavy atom. The molecule has 17 heavy (non-hydrogen) atoms. The van der Waals surface area contributed by atoms with Gasteiger partial charge in [0.15, 0.2) is 11.5 Å². The van der Waals surface area contributed by atoms with Crippen LogP contribution < -0.4 is 10.5 Å². The standard InChI is InChI=1S/C13H21NO2.ClH/c1-4-16-12-7-5-6-10(13(12)15)11(14)8-9(2)3;/h5-7,9,11,15H,4,8,14H2,1-3H3;1H/t11-;/m1./s1. The summed E-state index contributed by atoms with van der Waals surface area (Å²) in [6.45, 7) is 6.66. The molecule has 0 fully saturated rings. The van der Waals surface area contributed by atoms with Crippen LogP contribution in [0.2, 0.25) is 0 Å². The molecular weight excluding hydrogens is 238 g/mol. The number of hydrogen-bond donors (Lipinski definition) is 2. The first-order chi connectivity index (χ1) is 7.56. The Kier molecular flexibility index (Phi) is 7.00. The summed E-state index contributed by atoms with van der Waals surface area (Å²) in [6.07, 6.45) is 0.850. The van der Waals surface area contributed by atoms with Crippen molar-refractivity contribution in [3.63, 3.8) is 0 Å². The molecule has 0 aromatic heterocycles. The maximum Gasteiger partial charge on any atom is 0.162 e. The van der Waals surface area contributed by atoms with Crippen molar-refractivity contribution in [3.8, 4) is 11.5 Å². The van der Waals surface area contributed by atoms with Crippen molar-refractivity contribution in [2.24, 2.45) is 11.7 Å². The van der Waals surface area contributed by atoms with E-state index < -0.39 is 0 Å². The Hall–Kier alpha value is -0.930. The Labute approximate surface area is 109 Å². The molecule has 1 aromatic rings. The summed E-state index contributed by atoms with van der Waals surface area (Å²) in [5, 5.41) is 10.00. The zero-order valence-electron chi connectivity index (χ0n) is 10.6. The minimum absolute atomic E-state index is 0. The Balaban J connectivity index is 0.00000256. The Morgan fingerprint density at radius 3 is 2.53 bits per heavy atom. The van der Waals surface area contributed by atoms with Crippen molar-refractivity contribution >= 4 is 12.4 Å². The van der Waals surface area contributed by atoms with Crippen molar-refractivity contribution in [3.05, 3.63) is 23.8 Å². The van der Waals surface area contributed by atoms with Crippen LogP contribution in [0, 0.1) is 5.92 Å². The molecule has 1 aromatic carbocycles. The number of benzene rings is 1. The molecule has 0 aliphatic heterocycles. The lowest BCUT2D eigenvalue weighted by molar-refractivity contribution is 0.315. The second-order valence-corrected chi connectivity index (χ2v) is 4.36. The van der Waals surface area contributed by atoms with Crippen LogP contribution in [-0.4, -0.2) is 11.7 Å². The summed E-state index contributed by atoms with van der Waals surface area (Å²) in [4.78, 5) is 0. The fraction of sp³-hybridized carbons (Fsp3) is 0.538. The molecule has 0 saturated heterocycles. The highest BCUT2D eigenvalue weighted by Crippen LogP contribution is 2.34. The van der Waals surface area contributed by atoms with Gasteiger partial charge < -0.3 is 15.6 Å². The van der Waals surface area contributed by atoms with Gasteiger partial charge in [0.05, 0.1) is 6.61 Å². The monoisotopic (exact) mass is 259 g/mol. The van der Waals surface area contributed by atoms with E-state index in [1.165, 1.54) is 0 Å². The van der Waals surface area contributed by atoms with Gasteiger partial charge in [0.1, 0.15) is 0 Å². The maximum absolute atomic E-state index is 10.00. The molecule has 0 heterocycles. The molecular formula is C13H22ClNO2. The van der Waals surface area contributed by atoms with Crippen LogP contribution in [0.1, 0.15) is 38.8 Å². The van der Waals surface area contributed by atoms with Crippen LogP contribution in [0.4, 0.5) is 0 Å². The lowest BCUT2D eigenvalue weighted by atomic mass is 9.97. The molecule has 1 rings (SSSR count). The number of halogens is 1. The molecule has 0 aliphatic carbocycles. The molecule has 0 radical (unpaired) electrons. The third kappa shape index (κ3) is 4.44. The Bertz CT molecular complexity index is 342. The fourth-order valence-electron chi connectivity index (χ4n) is 1.75. The summed E-state index contributed by atoms with van der Waals surface area (Å²) in [6, 6.07) is 5.33. The smallest absolute Gasteiger partial charge is 0.162 e. The predicted octanol–water partition coefficient (Wildman–Crippen LogP) is 3.26. The third-order valence-electron chi connectivity index (χ3n) is 2.45. The van der Waals surface area contributed by atoms with Crippen molar-refractivity contribution in [2.75, 3.05) is 6.61 Å². The van der Waals surface area contributed by atoms with Gasteiger partial charge in [-0.2, -0.15) is 0 Å². The zero-order valence-corrected chi connectivity index (χ0v) is 11.5. The summed E-state index contributed by atoms with van der Waals surface area (Å²) in [5.41, 5.74) is 6.81. The minimum atomic E-state index is -0.139. The van der Waals surface area contributed by atoms with E-state index in [4.69, 9.17) is 10.5 Å². The molecule has 0 bridgehead atoms. The molecule has 3 N–H and O–H groups in total. The van der Waals surface area contributed by atoms with E-state index >= 15 is 0 Å². The number of rotatable bonds is 5. The number of phenolic OH excluding ortho intramolecular Hbond substituents is 1. The summed E-state index contributed by atoms with van der Waals surface area (Å²) >= 11 is 0. The van der Waals surface area contributed by atoms with E-state index in [0.29, 0.717) is 18.3 Å². The van der Waals surface area contributed by atoms with E-state index in [2.05, 4.69) is 13.8 Å². The molecule has 0 unspecified atom stereocenters. The lowest BCUT2D eigenvalue weighted by Crippen LogP contribution is -2.13. The summed E-state index contributed by atoms with van der Waals surface area (Å²) < 4.78 is 5.33. The highest BCUT2D eigenvalue weighted by molar-refractivity contribution is 5.85.